The Kier molecular flexibility index (Phi) is 5.58. The third kappa shape index (κ3) is 3.87. The summed E-state index contributed by atoms with van der Waals surface area (Å²) >= 11 is 6.36. The van der Waals surface area contributed by atoms with Crippen LogP contribution in [0, 0.1) is 11.7 Å². The summed E-state index contributed by atoms with van der Waals surface area (Å²) in [6.45, 7) is 1.28. The highest BCUT2D eigenvalue weighted by Gasteiger charge is 2.26. The molecule has 0 amide bonds. The average molecular weight is 410 g/mol. The molecule has 1 aliphatic rings. The minimum Gasteiger partial charge on any atom is -0.481 e. The van der Waals surface area contributed by atoms with Gasteiger partial charge in [0.2, 0.25) is 0 Å². The number of aromatic nitrogens is 2. The number of piperidine rings is 1. The Balaban J connectivity index is 0.00000210. The second kappa shape index (κ2) is 7.74. The zero-order chi connectivity index (χ0) is 18.3. The van der Waals surface area contributed by atoms with Gasteiger partial charge in [-0.15, -0.1) is 12.4 Å². The van der Waals surface area contributed by atoms with Crippen LogP contribution in [0.1, 0.15) is 12.8 Å². The molecule has 0 spiro atoms. The van der Waals surface area contributed by atoms with Crippen LogP contribution in [0.2, 0.25) is 5.02 Å². The lowest BCUT2D eigenvalue weighted by molar-refractivity contribution is -0.141. The molecule has 1 atom stereocenters. The van der Waals surface area contributed by atoms with Gasteiger partial charge in [0.1, 0.15) is 11.6 Å². The average Bonchev–Trinajstić information content (AvgIpc) is 3.05. The molecule has 27 heavy (non-hydrogen) atoms. The molecular weight excluding hydrogens is 392 g/mol. The number of anilines is 1. The summed E-state index contributed by atoms with van der Waals surface area (Å²) < 4.78 is 13.4. The number of halogens is 3. The SMILES string of the molecule is Cl.O=C(O)C1CCCN(c2ccc(Cl)c(-c3nc4cc(F)ccc4[nH]3)c2)C1. The van der Waals surface area contributed by atoms with E-state index in [1.54, 1.807) is 12.1 Å². The van der Waals surface area contributed by atoms with Gasteiger partial charge in [0.25, 0.3) is 0 Å². The largest absolute Gasteiger partial charge is 0.481 e. The van der Waals surface area contributed by atoms with Crippen molar-refractivity contribution in [3.63, 3.8) is 0 Å². The first kappa shape index (κ1) is 19.5. The number of nitrogens with one attached hydrogen (secondary N) is 1. The Labute approximate surface area is 166 Å². The maximum absolute atomic E-state index is 13.4. The minimum atomic E-state index is -0.761. The predicted octanol–water partition coefficient (Wildman–Crippen LogP) is 4.75. The summed E-state index contributed by atoms with van der Waals surface area (Å²) in [5.74, 6) is -0.909. The number of rotatable bonds is 3. The highest BCUT2D eigenvalue weighted by molar-refractivity contribution is 6.33. The van der Waals surface area contributed by atoms with Crippen molar-refractivity contribution in [2.75, 3.05) is 18.0 Å². The summed E-state index contributed by atoms with van der Waals surface area (Å²) in [4.78, 5) is 21.0. The van der Waals surface area contributed by atoms with Crippen molar-refractivity contribution in [1.29, 1.82) is 0 Å². The number of carbonyl (C=O) groups is 1. The third-order valence-electron chi connectivity index (χ3n) is 4.79. The van der Waals surface area contributed by atoms with Gasteiger partial charge in [0.15, 0.2) is 0 Å². The van der Waals surface area contributed by atoms with E-state index in [1.165, 1.54) is 12.1 Å². The molecule has 1 aliphatic heterocycles. The highest BCUT2D eigenvalue weighted by atomic mass is 35.5. The molecule has 1 fully saturated rings. The highest BCUT2D eigenvalue weighted by Crippen LogP contribution is 2.33. The lowest BCUT2D eigenvalue weighted by Crippen LogP contribution is -2.38. The second-order valence-electron chi connectivity index (χ2n) is 6.53. The van der Waals surface area contributed by atoms with Gasteiger partial charge < -0.3 is 15.0 Å². The van der Waals surface area contributed by atoms with Crippen LogP contribution in [0.4, 0.5) is 10.1 Å². The number of benzene rings is 2. The first-order chi connectivity index (χ1) is 12.5. The van der Waals surface area contributed by atoms with Crippen LogP contribution in [0.25, 0.3) is 22.4 Å². The van der Waals surface area contributed by atoms with Gasteiger partial charge in [-0.25, -0.2) is 9.37 Å². The fourth-order valence-corrected chi connectivity index (χ4v) is 3.62. The molecule has 2 N–H and O–H groups in total. The van der Waals surface area contributed by atoms with Crippen LogP contribution >= 0.6 is 24.0 Å². The molecule has 4 rings (SSSR count). The quantitative estimate of drug-likeness (QED) is 0.654. The van der Waals surface area contributed by atoms with Crippen molar-refractivity contribution in [3.8, 4) is 11.4 Å². The Morgan fingerprint density at radius 3 is 2.89 bits per heavy atom. The standard InChI is InChI=1S/C19H17ClFN3O2.ClH/c20-15-5-4-13(24-7-1-2-11(10-24)19(25)26)9-14(15)18-22-16-6-3-12(21)8-17(16)23-18;/h3-6,8-9,11H,1-2,7,10H2,(H,22,23)(H,25,26);1H. The maximum Gasteiger partial charge on any atom is 0.308 e. The second-order valence-corrected chi connectivity index (χ2v) is 6.94. The van der Waals surface area contributed by atoms with E-state index in [9.17, 15) is 14.3 Å². The number of aromatic amines is 1. The lowest BCUT2D eigenvalue weighted by atomic mass is 9.97. The molecule has 0 saturated carbocycles. The molecule has 0 aliphatic carbocycles. The fourth-order valence-electron chi connectivity index (χ4n) is 3.41. The summed E-state index contributed by atoms with van der Waals surface area (Å²) in [7, 11) is 0. The number of hydrogen-bond acceptors (Lipinski definition) is 3. The molecule has 3 aromatic rings. The molecule has 2 heterocycles. The number of nitrogens with zero attached hydrogens (tertiary/aromatic N) is 2. The molecule has 0 bridgehead atoms. The summed E-state index contributed by atoms with van der Waals surface area (Å²) in [5.41, 5.74) is 2.87. The van der Waals surface area contributed by atoms with E-state index >= 15 is 0 Å². The smallest absolute Gasteiger partial charge is 0.308 e. The minimum absolute atomic E-state index is 0. The number of fused-ring (bicyclic) bond motifs is 1. The van der Waals surface area contributed by atoms with E-state index in [0.29, 0.717) is 34.9 Å². The number of hydrogen-bond donors (Lipinski definition) is 2. The lowest BCUT2D eigenvalue weighted by Gasteiger charge is -2.32. The molecule has 1 aromatic heterocycles. The van der Waals surface area contributed by atoms with Crippen molar-refractivity contribution in [2.24, 2.45) is 5.92 Å². The molecule has 1 saturated heterocycles. The van der Waals surface area contributed by atoms with Crippen LogP contribution in [0.15, 0.2) is 36.4 Å². The number of carboxylic acids is 1. The normalized spacial score (nSPS) is 17.0. The molecule has 1 unspecified atom stereocenters. The zero-order valence-corrected chi connectivity index (χ0v) is 15.9. The third-order valence-corrected chi connectivity index (χ3v) is 5.12. The van der Waals surface area contributed by atoms with Crippen LogP contribution < -0.4 is 4.90 Å². The molecule has 2 aromatic carbocycles. The monoisotopic (exact) mass is 409 g/mol. The van der Waals surface area contributed by atoms with Gasteiger partial charge in [-0.2, -0.15) is 0 Å². The molecule has 5 nitrogen and oxygen atoms in total. The van der Waals surface area contributed by atoms with E-state index in [-0.39, 0.29) is 24.1 Å². The molecular formula is C19H18Cl2FN3O2. The van der Waals surface area contributed by atoms with E-state index in [0.717, 1.165) is 24.2 Å². The Morgan fingerprint density at radius 2 is 2.11 bits per heavy atom. The van der Waals surface area contributed by atoms with Crippen LogP contribution in [-0.2, 0) is 4.79 Å². The van der Waals surface area contributed by atoms with E-state index < -0.39 is 5.97 Å². The number of H-pyrrole nitrogens is 1. The molecule has 0 radical (unpaired) electrons. The van der Waals surface area contributed by atoms with E-state index in [4.69, 9.17) is 11.6 Å². The van der Waals surface area contributed by atoms with Gasteiger partial charge in [-0.1, -0.05) is 11.6 Å². The first-order valence-corrected chi connectivity index (χ1v) is 8.82. The molecule has 8 heteroatoms. The van der Waals surface area contributed by atoms with Crippen molar-refractivity contribution in [3.05, 3.63) is 47.2 Å². The van der Waals surface area contributed by atoms with Crippen molar-refractivity contribution in [1.82, 2.24) is 9.97 Å². The maximum atomic E-state index is 13.4. The van der Waals surface area contributed by atoms with E-state index in [1.807, 2.05) is 12.1 Å². The van der Waals surface area contributed by atoms with Gasteiger partial charge in [0, 0.05) is 30.4 Å². The Bertz CT molecular complexity index is 992. The summed E-state index contributed by atoms with van der Waals surface area (Å²) in [5, 5.41) is 9.82. The topological polar surface area (TPSA) is 69.2 Å². The van der Waals surface area contributed by atoms with Crippen molar-refractivity contribution >= 4 is 46.7 Å². The number of carboxylic acid groups (broad SMARTS) is 1. The number of imidazole rings is 1. The van der Waals surface area contributed by atoms with E-state index in [2.05, 4.69) is 14.9 Å². The van der Waals surface area contributed by atoms with Crippen LogP contribution in [-0.4, -0.2) is 34.1 Å². The van der Waals surface area contributed by atoms with Gasteiger partial charge in [0.05, 0.1) is 22.0 Å². The van der Waals surface area contributed by atoms with Crippen molar-refractivity contribution in [2.45, 2.75) is 12.8 Å². The number of aliphatic carboxylic acids is 1. The van der Waals surface area contributed by atoms with Crippen molar-refractivity contribution < 1.29 is 14.3 Å². The van der Waals surface area contributed by atoms with Gasteiger partial charge >= 0.3 is 5.97 Å². The Morgan fingerprint density at radius 1 is 1.30 bits per heavy atom. The van der Waals surface area contributed by atoms with Crippen LogP contribution in [0.5, 0.6) is 0 Å². The molecule has 142 valence electrons. The fraction of sp³-hybridized carbons (Fsp3) is 0.263. The summed E-state index contributed by atoms with van der Waals surface area (Å²) in [6, 6.07) is 9.96. The van der Waals surface area contributed by atoms with Gasteiger partial charge in [-0.3, -0.25) is 4.79 Å². The van der Waals surface area contributed by atoms with Gasteiger partial charge in [-0.05, 0) is 43.2 Å². The van der Waals surface area contributed by atoms with Crippen LogP contribution in [0.3, 0.4) is 0 Å². The summed E-state index contributed by atoms with van der Waals surface area (Å²) in [6.07, 6.45) is 1.53. The Hall–Kier alpha value is -2.31. The first-order valence-electron chi connectivity index (χ1n) is 8.44. The predicted molar refractivity (Wildman–Crippen MR) is 106 cm³/mol. The zero-order valence-electron chi connectivity index (χ0n) is 14.3.